The van der Waals surface area contributed by atoms with Crippen LogP contribution in [0.25, 0.3) is 0 Å². The van der Waals surface area contributed by atoms with Gasteiger partial charge in [0.1, 0.15) is 12.9 Å². The SMILES string of the molecule is O=C(O)c1nn(Cn2cc(Br)cn2)cc1[N+](=O)[O-]. The van der Waals surface area contributed by atoms with Crippen LogP contribution >= 0.6 is 15.9 Å². The summed E-state index contributed by atoms with van der Waals surface area (Å²) >= 11 is 3.20. The number of nitro groups is 1. The minimum atomic E-state index is -1.44. The molecule has 10 heteroatoms. The number of carboxylic acids is 1. The Morgan fingerprint density at radius 1 is 1.50 bits per heavy atom. The monoisotopic (exact) mass is 315 g/mol. The van der Waals surface area contributed by atoms with Crippen molar-refractivity contribution in [2.24, 2.45) is 0 Å². The summed E-state index contributed by atoms with van der Waals surface area (Å²) in [5.41, 5.74) is -1.14. The molecule has 2 aromatic heterocycles. The topological polar surface area (TPSA) is 116 Å². The molecule has 0 atom stereocenters. The Hall–Kier alpha value is -2.23. The Morgan fingerprint density at radius 3 is 2.67 bits per heavy atom. The number of nitrogens with zero attached hydrogens (tertiary/aromatic N) is 5. The van der Waals surface area contributed by atoms with E-state index in [0.717, 1.165) is 15.4 Å². The zero-order valence-electron chi connectivity index (χ0n) is 8.73. The van der Waals surface area contributed by atoms with Gasteiger partial charge in [0.25, 0.3) is 0 Å². The number of aromatic carboxylic acids is 1. The van der Waals surface area contributed by atoms with Gasteiger partial charge in [-0.25, -0.2) is 14.2 Å². The Bertz CT molecular complexity index is 587. The summed E-state index contributed by atoms with van der Waals surface area (Å²) in [5.74, 6) is -1.44. The Labute approximate surface area is 108 Å². The van der Waals surface area contributed by atoms with E-state index in [4.69, 9.17) is 5.11 Å². The van der Waals surface area contributed by atoms with E-state index in [2.05, 4.69) is 26.1 Å². The van der Waals surface area contributed by atoms with Gasteiger partial charge in [-0.15, -0.1) is 0 Å². The van der Waals surface area contributed by atoms with Gasteiger partial charge in [0, 0.05) is 6.20 Å². The zero-order chi connectivity index (χ0) is 13.3. The van der Waals surface area contributed by atoms with Gasteiger partial charge in [-0.05, 0) is 15.9 Å². The largest absolute Gasteiger partial charge is 0.476 e. The lowest BCUT2D eigenvalue weighted by Gasteiger charge is -1.99. The van der Waals surface area contributed by atoms with Crippen molar-refractivity contribution in [2.45, 2.75) is 6.67 Å². The molecule has 2 heterocycles. The molecule has 0 aliphatic carbocycles. The van der Waals surface area contributed by atoms with Crippen molar-refractivity contribution in [2.75, 3.05) is 0 Å². The zero-order valence-corrected chi connectivity index (χ0v) is 10.3. The summed E-state index contributed by atoms with van der Waals surface area (Å²) in [6, 6.07) is 0. The molecular formula is C8H6BrN5O4. The number of carbonyl (C=O) groups is 1. The van der Waals surface area contributed by atoms with Crippen LogP contribution in [0, 0.1) is 10.1 Å². The highest BCUT2D eigenvalue weighted by Crippen LogP contribution is 2.16. The van der Waals surface area contributed by atoms with E-state index in [1.54, 1.807) is 6.20 Å². The summed E-state index contributed by atoms with van der Waals surface area (Å²) in [7, 11) is 0. The fourth-order valence-electron chi connectivity index (χ4n) is 1.33. The van der Waals surface area contributed by atoms with Crippen LogP contribution in [0.3, 0.4) is 0 Å². The molecular weight excluding hydrogens is 310 g/mol. The van der Waals surface area contributed by atoms with Crippen molar-refractivity contribution in [1.29, 1.82) is 0 Å². The lowest BCUT2D eigenvalue weighted by molar-refractivity contribution is -0.385. The molecule has 0 spiro atoms. The normalized spacial score (nSPS) is 10.5. The number of rotatable bonds is 4. The summed E-state index contributed by atoms with van der Waals surface area (Å²) < 4.78 is 3.33. The maximum Gasteiger partial charge on any atom is 0.363 e. The summed E-state index contributed by atoms with van der Waals surface area (Å²) in [4.78, 5) is 20.7. The van der Waals surface area contributed by atoms with E-state index >= 15 is 0 Å². The predicted octanol–water partition coefficient (Wildman–Crippen LogP) is 0.954. The molecule has 0 saturated heterocycles. The molecule has 2 rings (SSSR count). The number of hydrogen-bond donors (Lipinski definition) is 1. The van der Waals surface area contributed by atoms with Crippen LogP contribution in [-0.4, -0.2) is 35.6 Å². The highest BCUT2D eigenvalue weighted by molar-refractivity contribution is 9.10. The van der Waals surface area contributed by atoms with Gasteiger partial charge in [0.2, 0.25) is 5.69 Å². The van der Waals surface area contributed by atoms with E-state index in [1.165, 1.54) is 10.9 Å². The Kier molecular flexibility index (Phi) is 3.10. The molecule has 9 nitrogen and oxygen atoms in total. The third kappa shape index (κ3) is 2.37. The molecule has 0 amide bonds. The number of hydrogen-bond acceptors (Lipinski definition) is 5. The van der Waals surface area contributed by atoms with Gasteiger partial charge in [-0.3, -0.25) is 10.1 Å². The van der Waals surface area contributed by atoms with Crippen LogP contribution in [0.4, 0.5) is 5.69 Å². The molecule has 0 aliphatic rings. The first-order valence-electron chi connectivity index (χ1n) is 4.60. The van der Waals surface area contributed by atoms with Gasteiger partial charge in [-0.2, -0.15) is 10.2 Å². The van der Waals surface area contributed by atoms with E-state index < -0.39 is 22.3 Å². The molecule has 0 bridgehead atoms. The predicted molar refractivity (Wildman–Crippen MR) is 61.2 cm³/mol. The first-order valence-corrected chi connectivity index (χ1v) is 5.40. The van der Waals surface area contributed by atoms with Crippen LogP contribution < -0.4 is 0 Å². The van der Waals surface area contributed by atoms with Gasteiger partial charge in [-0.1, -0.05) is 0 Å². The summed E-state index contributed by atoms with van der Waals surface area (Å²) in [5, 5.41) is 27.0. The maximum absolute atomic E-state index is 10.8. The van der Waals surface area contributed by atoms with E-state index in [-0.39, 0.29) is 6.67 Å². The third-order valence-electron chi connectivity index (χ3n) is 2.03. The van der Waals surface area contributed by atoms with Gasteiger partial charge in [0.05, 0.1) is 15.6 Å². The van der Waals surface area contributed by atoms with Crippen LogP contribution in [0.5, 0.6) is 0 Å². The van der Waals surface area contributed by atoms with Gasteiger partial charge < -0.3 is 5.11 Å². The van der Waals surface area contributed by atoms with Crippen LogP contribution in [-0.2, 0) is 6.67 Å². The minimum Gasteiger partial charge on any atom is -0.476 e. The van der Waals surface area contributed by atoms with Crippen molar-refractivity contribution in [3.8, 4) is 0 Å². The van der Waals surface area contributed by atoms with Crippen LogP contribution in [0.1, 0.15) is 10.5 Å². The maximum atomic E-state index is 10.8. The lowest BCUT2D eigenvalue weighted by atomic mass is 10.4. The fourth-order valence-corrected chi connectivity index (χ4v) is 1.66. The van der Waals surface area contributed by atoms with Crippen molar-refractivity contribution in [3.63, 3.8) is 0 Å². The molecule has 0 fully saturated rings. The standard InChI is InChI=1S/C8H6BrN5O4/c9-5-1-10-12(2-5)4-13-3-6(14(17)18)7(11-13)8(15)16/h1-3H,4H2,(H,15,16). The molecule has 0 aromatic carbocycles. The van der Waals surface area contributed by atoms with Gasteiger partial charge in [0.15, 0.2) is 0 Å². The molecule has 2 aromatic rings. The minimum absolute atomic E-state index is 0.0831. The molecule has 0 radical (unpaired) electrons. The highest BCUT2D eigenvalue weighted by Gasteiger charge is 2.25. The van der Waals surface area contributed by atoms with E-state index in [0.29, 0.717) is 0 Å². The van der Waals surface area contributed by atoms with E-state index in [9.17, 15) is 14.9 Å². The average Bonchev–Trinajstić information content (AvgIpc) is 2.85. The van der Waals surface area contributed by atoms with Crippen molar-refractivity contribution < 1.29 is 14.8 Å². The third-order valence-corrected chi connectivity index (χ3v) is 2.44. The highest BCUT2D eigenvalue weighted by atomic mass is 79.9. The number of carboxylic acid groups (broad SMARTS) is 1. The molecule has 1 N–H and O–H groups in total. The molecule has 0 aliphatic heterocycles. The van der Waals surface area contributed by atoms with Gasteiger partial charge >= 0.3 is 11.7 Å². The van der Waals surface area contributed by atoms with Crippen molar-refractivity contribution in [3.05, 3.63) is 38.9 Å². The second kappa shape index (κ2) is 4.56. The molecule has 0 saturated carbocycles. The second-order valence-corrected chi connectivity index (χ2v) is 4.22. The van der Waals surface area contributed by atoms with Crippen LogP contribution in [0.2, 0.25) is 0 Å². The number of halogens is 1. The first-order chi connectivity index (χ1) is 8.47. The quantitative estimate of drug-likeness (QED) is 0.663. The Morgan fingerprint density at radius 2 is 2.22 bits per heavy atom. The fraction of sp³-hybridized carbons (Fsp3) is 0.125. The average molecular weight is 316 g/mol. The number of aromatic nitrogens is 4. The Balaban J connectivity index is 2.32. The molecule has 0 unspecified atom stereocenters. The van der Waals surface area contributed by atoms with E-state index in [1.807, 2.05) is 0 Å². The molecule has 18 heavy (non-hydrogen) atoms. The smallest absolute Gasteiger partial charge is 0.363 e. The second-order valence-electron chi connectivity index (χ2n) is 3.30. The lowest BCUT2D eigenvalue weighted by Crippen LogP contribution is -2.10. The van der Waals surface area contributed by atoms with Crippen molar-refractivity contribution in [1.82, 2.24) is 19.6 Å². The molecule has 94 valence electrons. The summed E-state index contributed by atoms with van der Waals surface area (Å²) in [6.45, 7) is 0.0831. The summed E-state index contributed by atoms with van der Waals surface area (Å²) in [6.07, 6.45) is 4.23. The first kappa shape index (κ1) is 12.2. The van der Waals surface area contributed by atoms with Crippen molar-refractivity contribution >= 4 is 27.6 Å². The van der Waals surface area contributed by atoms with Crippen LogP contribution in [0.15, 0.2) is 23.1 Å².